The van der Waals surface area contributed by atoms with Crippen molar-refractivity contribution in [3.8, 4) is 0 Å². The molecule has 0 aliphatic rings. The minimum atomic E-state index is -0.120. The molecule has 1 atom stereocenters. The number of amides is 1. The highest BCUT2D eigenvalue weighted by atomic mass is 32.1. The van der Waals surface area contributed by atoms with Crippen LogP contribution in [0.3, 0.4) is 0 Å². The minimum Gasteiger partial charge on any atom is -0.332 e. The highest BCUT2D eigenvalue weighted by molar-refractivity contribution is 7.18. The number of aromatic nitrogens is 4. The van der Waals surface area contributed by atoms with Crippen molar-refractivity contribution in [1.82, 2.24) is 24.6 Å². The van der Waals surface area contributed by atoms with Gasteiger partial charge in [0.2, 0.25) is 0 Å². The summed E-state index contributed by atoms with van der Waals surface area (Å²) in [6, 6.07) is 9.77. The maximum absolute atomic E-state index is 13.0. The predicted octanol–water partition coefficient (Wildman–Crippen LogP) is 3.72. The Kier molecular flexibility index (Phi) is 3.96. The number of fused-ring (bicyclic) bond motifs is 2. The van der Waals surface area contributed by atoms with Crippen molar-refractivity contribution in [2.75, 3.05) is 7.05 Å². The van der Waals surface area contributed by atoms with Crippen LogP contribution in [-0.4, -0.2) is 37.6 Å². The van der Waals surface area contributed by atoms with Crippen LogP contribution in [0.25, 0.3) is 21.3 Å². The van der Waals surface area contributed by atoms with E-state index in [9.17, 15) is 4.79 Å². The SMILES string of the molecule is Cc1nn(C)c2ncc(C(=O)N(C)C(C)c3nc4ccccc4s3)cc12. The molecule has 26 heavy (non-hydrogen) atoms. The van der Waals surface area contributed by atoms with Gasteiger partial charge in [-0.05, 0) is 32.0 Å². The zero-order valence-electron chi connectivity index (χ0n) is 15.1. The standard InChI is InChI=1S/C19H19N5OS/c1-11-14-9-13(10-20-17(14)24(4)22-11)19(25)23(3)12(2)18-21-15-7-5-6-8-16(15)26-18/h5-10,12H,1-4H3. The molecule has 0 radical (unpaired) electrons. The first-order valence-corrected chi connectivity index (χ1v) is 9.19. The third kappa shape index (κ3) is 2.64. The molecule has 0 fully saturated rings. The Morgan fingerprint density at radius 2 is 2.08 bits per heavy atom. The zero-order chi connectivity index (χ0) is 18.4. The third-order valence-electron chi connectivity index (χ3n) is 4.68. The van der Waals surface area contributed by atoms with Crippen LogP contribution in [-0.2, 0) is 7.05 Å². The Morgan fingerprint density at radius 3 is 2.85 bits per heavy atom. The van der Waals surface area contributed by atoms with Crippen molar-refractivity contribution in [3.05, 3.63) is 52.8 Å². The fourth-order valence-corrected chi connectivity index (χ4v) is 4.10. The number of hydrogen-bond acceptors (Lipinski definition) is 5. The molecule has 0 aliphatic carbocycles. The second-order valence-corrected chi connectivity index (χ2v) is 7.48. The van der Waals surface area contributed by atoms with Gasteiger partial charge in [0, 0.05) is 25.7 Å². The average Bonchev–Trinajstić information content (AvgIpc) is 3.21. The highest BCUT2D eigenvalue weighted by Gasteiger charge is 2.23. The molecule has 0 saturated carbocycles. The number of pyridine rings is 1. The van der Waals surface area contributed by atoms with Crippen molar-refractivity contribution >= 4 is 38.5 Å². The number of thiazole rings is 1. The van der Waals surface area contributed by atoms with Crippen LogP contribution in [0.1, 0.15) is 34.0 Å². The molecule has 0 N–H and O–H groups in total. The Hall–Kier alpha value is -2.80. The number of benzene rings is 1. The Balaban J connectivity index is 1.65. The molecule has 3 heterocycles. The number of aryl methyl sites for hydroxylation is 2. The second-order valence-electron chi connectivity index (χ2n) is 6.42. The molecule has 4 aromatic rings. The summed E-state index contributed by atoms with van der Waals surface area (Å²) in [5, 5.41) is 6.19. The average molecular weight is 365 g/mol. The quantitative estimate of drug-likeness (QED) is 0.555. The summed E-state index contributed by atoms with van der Waals surface area (Å²) in [6.07, 6.45) is 1.62. The van der Waals surface area contributed by atoms with Gasteiger partial charge >= 0.3 is 0 Å². The van der Waals surface area contributed by atoms with Crippen molar-refractivity contribution in [3.63, 3.8) is 0 Å². The third-order valence-corrected chi connectivity index (χ3v) is 5.89. The van der Waals surface area contributed by atoms with Gasteiger partial charge < -0.3 is 4.90 Å². The maximum Gasteiger partial charge on any atom is 0.255 e. The van der Waals surface area contributed by atoms with Crippen molar-refractivity contribution in [2.45, 2.75) is 19.9 Å². The number of carbonyl (C=O) groups excluding carboxylic acids is 1. The fourth-order valence-electron chi connectivity index (χ4n) is 3.04. The number of carbonyl (C=O) groups is 1. The van der Waals surface area contributed by atoms with E-state index in [0.29, 0.717) is 5.56 Å². The first-order chi connectivity index (χ1) is 12.5. The largest absolute Gasteiger partial charge is 0.332 e. The topological polar surface area (TPSA) is 63.9 Å². The van der Waals surface area contributed by atoms with E-state index >= 15 is 0 Å². The lowest BCUT2D eigenvalue weighted by molar-refractivity contribution is 0.0742. The van der Waals surface area contributed by atoms with E-state index in [4.69, 9.17) is 0 Å². The summed E-state index contributed by atoms with van der Waals surface area (Å²) < 4.78 is 2.86. The van der Waals surface area contributed by atoms with Gasteiger partial charge in [-0.1, -0.05) is 12.1 Å². The molecule has 0 spiro atoms. The lowest BCUT2D eigenvalue weighted by Crippen LogP contribution is -2.29. The molecule has 1 amide bonds. The van der Waals surface area contributed by atoms with Gasteiger partial charge in [-0.2, -0.15) is 5.10 Å². The van der Waals surface area contributed by atoms with E-state index in [1.165, 1.54) is 0 Å². The summed E-state index contributed by atoms with van der Waals surface area (Å²) >= 11 is 1.62. The van der Waals surface area contributed by atoms with Gasteiger partial charge in [-0.25, -0.2) is 9.97 Å². The van der Waals surface area contributed by atoms with E-state index in [2.05, 4.69) is 15.1 Å². The summed E-state index contributed by atoms with van der Waals surface area (Å²) in [5.41, 5.74) is 3.17. The molecule has 4 rings (SSSR count). The highest BCUT2D eigenvalue weighted by Crippen LogP contribution is 2.29. The molecule has 3 aromatic heterocycles. The predicted molar refractivity (Wildman–Crippen MR) is 103 cm³/mol. The van der Waals surface area contributed by atoms with Gasteiger partial charge in [0.05, 0.1) is 27.5 Å². The molecule has 0 aliphatic heterocycles. The summed E-state index contributed by atoms with van der Waals surface area (Å²) in [7, 11) is 3.66. The van der Waals surface area contributed by atoms with Gasteiger partial charge in [0.25, 0.3) is 5.91 Å². The zero-order valence-corrected chi connectivity index (χ0v) is 15.9. The Bertz CT molecular complexity index is 1100. The molecule has 6 nitrogen and oxygen atoms in total. The lowest BCUT2D eigenvalue weighted by Gasteiger charge is -2.23. The maximum atomic E-state index is 13.0. The van der Waals surface area contributed by atoms with E-state index in [-0.39, 0.29) is 11.9 Å². The van der Waals surface area contributed by atoms with Crippen LogP contribution in [0.2, 0.25) is 0 Å². The number of nitrogens with zero attached hydrogens (tertiary/aromatic N) is 5. The molecule has 0 bridgehead atoms. The smallest absolute Gasteiger partial charge is 0.255 e. The van der Waals surface area contributed by atoms with Gasteiger partial charge in [0.1, 0.15) is 5.01 Å². The Labute approximate surface area is 155 Å². The van der Waals surface area contributed by atoms with Crippen LogP contribution < -0.4 is 0 Å². The summed E-state index contributed by atoms with van der Waals surface area (Å²) in [5.74, 6) is -0.0746. The van der Waals surface area contributed by atoms with Crippen molar-refractivity contribution < 1.29 is 4.79 Å². The molecule has 1 aromatic carbocycles. The minimum absolute atomic E-state index is 0.0746. The summed E-state index contributed by atoms with van der Waals surface area (Å²) in [4.78, 5) is 23.8. The normalized spacial score (nSPS) is 12.6. The van der Waals surface area contributed by atoms with E-state index in [0.717, 1.165) is 32.0 Å². The first kappa shape index (κ1) is 16.7. The Morgan fingerprint density at radius 1 is 1.31 bits per heavy atom. The number of hydrogen-bond donors (Lipinski definition) is 0. The summed E-state index contributed by atoms with van der Waals surface area (Å²) in [6.45, 7) is 3.92. The van der Waals surface area contributed by atoms with Crippen LogP contribution in [0.15, 0.2) is 36.5 Å². The van der Waals surface area contributed by atoms with E-state index in [1.807, 2.05) is 51.2 Å². The van der Waals surface area contributed by atoms with Crippen molar-refractivity contribution in [1.29, 1.82) is 0 Å². The van der Waals surface area contributed by atoms with Gasteiger partial charge in [0.15, 0.2) is 5.65 Å². The molecular weight excluding hydrogens is 346 g/mol. The number of rotatable bonds is 3. The molecule has 7 heteroatoms. The van der Waals surface area contributed by atoms with Crippen LogP contribution in [0, 0.1) is 6.92 Å². The van der Waals surface area contributed by atoms with Crippen LogP contribution >= 0.6 is 11.3 Å². The molecular formula is C19H19N5OS. The van der Waals surface area contributed by atoms with Crippen LogP contribution in [0.4, 0.5) is 0 Å². The van der Waals surface area contributed by atoms with E-state index < -0.39 is 0 Å². The first-order valence-electron chi connectivity index (χ1n) is 8.37. The van der Waals surface area contributed by atoms with Crippen LogP contribution in [0.5, 0.6) is 0 Å². The monoisotopic (exact) mass is 365 g/mol. The number of para-hydroxylation sites is 1. The fraction of sp³-hybridized carbons (Fsp3) is 0.263. The van der Waals surface area contributed by atoms with Gasteiger partial charge in [-0.15, -0.1) is 11.3 Å². The lowest BCUT2D eigenvalue weighted by atomic mass is 10.1. The van der Waals surface area contributed by atoms with Gasteiger partial charge in [-0.3, -0.25) is 9.48 Å². The molecule has 132 valence electrons. The van der Waals surface area contributed by atoms with E-state index in [1.54, 1.807) is 34.2 Å². The molecule has 1 unspecified atom stereocenters. The van der Waals surface area contributed by atoms with Crippen molar-refractivity contribution in [2.24, 2.45) is 7.05 Å². The molecule has 0 saturated heterocycles. The second kappa shape index (κ2) is 6.17.